The van der Waals surface area contributed by atoms with E-state index in [1.807, 2.05) is 0 Å². The van der Waals surface area contributed by atoms with Crippen LogP contribution in [0.25, 0.3) is 0 Å². The van der Waals surface area contributed by atoms with Crippen LogP contribution in [-0.4, -0.2) is 6.54 Å². The van der Waals surface area contributed by atoms with E-state index in [2.05, 4.69) is 38.1 Å². The second-order valence-electron chi connectivity index (χ2n) is 5.71. The van der Waals surface area contributed by atoms with Crippen molar-refractivity contribution >= 4 is 0 Å². The van der Waals surface area contributed by atoms with Gasteiger partial charge in [-0.15, -0.1) is 0 Å². The van der Waals surface area contributed by atoms with Crippen LogP contribution in [-0.2, 0) is 6.42 Å². The summed E-state index contributed by atoms with van der Waals surface area (Å²) in [4.78, 5) is 0. The number of rotatable bonds is 5. The zero-order valence-corrected chi connectivity index (χ0v) is 12.4. The molecule has 3 heteroatoms. The molecule has 1 nitrogen and oxygen atoms in total. The SMILES string of the molecule is CC(C)c1ccc(CC(CN)c2ccc(F)c(F)c2)cc1. The largest absolute Gasteiger partial charge is 0.330 e. The van der Waals surface area contributed by atoms with Crippen LogP contribution in [0.4, 0.5) is 8.78 Å². The van der Waals surface area contributed by atoms with E-state index in [9.17, 15) is 8.78 Å². The van der Waals surface area contributed by atoms with Crippen LogP contribution in [0.15, 0.2) is 42.5 Å². The first-order valence-electron chi connectivity index (χ1n) is 7.25. The molecule has 112 valence electrons. The van der Waals surface area contributed by atoms with Gasteiger partial charge in [-0.25, -0.2) is 8.78 Å². The Balaban J connectivity index is 2.16. The van der Waals surface area contributed by atoms with Crippen LogP contribution in [0.2, 0.25) is 0 Å². The maximum absolute atomic E-state index is 13.3. The summed E-state index contributed by atoms with van der Waals surface area (Å²) in [5.74, 6) is -1.16. The van der Waals surface area contributed by atoms with Gasteiger partial charge in [-0.05, 0) is 47.7 Å². The molecule has 0 fully saturated rings. The molecular weight excluding hydrogens is 268 g/mol. The fraction of sp³-hybridized carbons (Fsp3) is 0.333. The van der Waals surface area contributed by atoms with E-state index in [1.54, 1.807) is 6.07 Å². The maximum Gasteiger partial charge on any atom is 0.159 e. The molecule has 2 aromatic carbocycles. The van der Waals surface area contributed by atoms with Gasteiger partial charge in [0.15, 0.2) is 11.6 Å². The van der Waals surface area contributed by atoms with Gasteiger partial charge < -0.3 is 5.73 Å². The lowest BCUT2D eigenvalue weighted by Gasteiger charge is -2.16. The maximum atomic E-state index is 13.3. The first-order valence-corrected chi connectivity index (χ1v) is 7.25. The normalized spacial score (nSPS) is 12.7. The van der Waals surface area contributed by atoms with Gasteiger partial charge in [-0.2, -0.15) is 0 Å². The summed E-state index contributed by atoms with van der Waals surface area (Å²) in [6.07, 6.45) is 0.722. The molecule has 0 bridgehead atoms. The molecule has 2 aromatic rings. The highest BCUT2D eigenvalue weighted by Crippen LogP contribution is 2.23. The van der Waals surface area contributed by atoms with Gasteiger partial charge >= 0.3 is 0 Å². The predicted molar refractivity (Wildman–Crippen MR) is 82.4 cm³/mol. The molecule has 0 saturated carbocycles. The van der Waals surface area contributed by atoms with Crippen molar-refractivity contribution in [2.24, 2.45) is 5.73 Å². The Morgan fingerprint density at radius 3 is 2.05 bits per heavy atom. The first-order chi connectivity index (χ1) is 10.0. The highest BCUT2D eigenvalue weighted by molar-refractivity contribution is 5.29. The van der Waals surface area contributed by atoms with Gasteiger partial charge in [0.2, 0.25) is 0 Å². The Bertz CT molecular complexity index is 591. The third kappa shape index (κ3) is 3.88. The monoisotopic (exact) mass is 289 g/mol. The third-order valence-electron chi connectivity index (χ3n) is 3.83. The van der Waals surface area contributed by atoms with E-state index in [-0.39, 0.29) is 5.92 Å². The number of benzene rings is 2. The summed E-state index contributed by atoms with van der Waals surface area (Å²) in [6.45, 7) is 4.70. The number of hydrogen-bond donors (Lipinski definition) is 1. The van der Waals surface area contributed by atoms with Gasteiger partial charge in [0.05, 0.1) is 0 Å². The summed E-state index contributed by atoms with van der Waals surface area (Å²) in [5, 5.41) is 0. The molecule has 0 aromatic heterocycles. The van der Waals surface area contributed by atoms with Gasteiger partial charge in [-0.3, -0.25) is 0 Å². The van der Waals surface area contributed by atoms with E-state index in [0.717, 1.165) is 23.6 Å². The molecule has 1 unspecified atom stereocenters. The average molecular weight is 289 g/mol. The van der Waals surface area contributed by atoms with Gasteiger partial charge in [0.1, 0.15) is 0 Å². The molecule has 0 saturated heterocycles. The molecule has 1 atom stereocenters. The third-order valence-corrected chi connectivity index (χ3v) is 3.83. The Kier molecular flexibility index (Phi) is 5.07. The van der Waals surface area contributed by atoms with Crippen LogP contribution in [0.3, 0.4) is 0 Å². The van der Waals surface area contributed by atoms with Crippen LogP contribution in [0, 0.1) is 11.6 Å². The molecule has 21 heavy (non-hydrogen) atoms. The quantitative estimate of drug-likeness (QED) is 0.869. The standard InChI is InChI=1S/C18H21F2N/c1-12(2)14-5-3-13(4-6-14)9-16(11-21)15-7-8-17(19)18(20)10-15/h3-8,10,12,16H,9,11,21H2,1-2H3. The lowest BCUT2D eigenvalue weighted by atomic mass is 9.91. The van der Waals surface area contributed by atoms with E-state index >= 15 is 0 Å². The minimum absolute atomic E-state index is 0.00926. The lowest BCUT2D eigenvalue weighted by molar-refractivity contribution is 0.505. The zero-order valence-electron chi connectivity index (χ0n) is 12.4. The predicted octanol–water partition coefficient (Wildman–Crippen LogP) is 4.37. The minimum Gasteiger partial charge on any atom is -0.330 e. The molecule has 2 N–H and O–H groups in total. The van der Waals surface area contributed by atoms with Crippen LogP contribution in [0.1, 0.15) is 42.4 Å². The zero-order chi connectivity index (χ0) is 15.4. The van der Waals surface area contributed by atoms with E-state index in [4.69, 9.17) is 5.73 Å². The van der Waals surface area contributed by atoms with Crippen LogP contribution in [0.5, 0.6) is 0 Å². The van der Waals surface area contributed by atoms with Crippen LogP contribution < -0.4 is 5.73 Å². The summed E-state index contributed by atoms with van der Waals surface area (Å²) >= 11 is 0. The Hall–Kier alpha value is -1.74. The summed E-state index contributed by atoms with van der Waals surface area (Å²) in [6, 6.07) is 12.4. The number of hydrogen-bond acceptors (Lipinski definition) is 1. The minimum atomic E-state index is -0.823. The Labute approximate surface area is 124 Å². The van der Waals surface area contributed by atoms with Crippen molar-refractivity contribution in [3.63, 3.8) is 0 Å². The molecule has 0 aliphatic rings. The molecular formula is C18H21F2N. The second kappa shape index (κ2) is 6.81. The highest BCUT2D eigenvalue weighted by Gasteiger charge is 2.13. The van der Waals surface area contributed by atoms with E-state index in [0.29, 0.717) is 12.5 Å². The fourth-order valence-electron chi connectivity index (χ4n) is 2.43. The number of nitrogens with two attached hydrogens (primary N) is 1. The second-order valence-corrected chi connectivity index (χ2v) is 5.71. The molecule has 0 aliphatic heterocycles. The summed E-state index contributed by atoms with van der Waals surface area (Å²) < 4.78 is 26.3. The molecule has 0 spiro atoms. The Morgan fingerprint density at radius 1 is 0.905 bits per heavy atom. The topological polar surface area (TPSA) is 26.0 Å². The van der Waals surface area contributed by atoms with Crippen molar-refractivity contribution in [1.82, 2.24) is 0 Å². The van der Waals surface area contributed by atoms with E-state index in [1.165, 1.54) is 11.6 Å². The van der Waals surface area contributed by atoms with Crippen molar-refractivity contribution < 1.29 is 8.78 Å². The first kappa shape index (κ1) is 15.6. The fourth-order valence-corrected chi connectivity index (χ4v) is 2.43. The van der Waals surface area contributed by atoms with Gasteiger partial charge in [-0.1, -0.05) is 44.2 Å². The summed E-state index contributed by atoms with van der Waals surface area (Å²) in [7, 11) is 0. The molecule has 0 amide bonds. The molecule has 0 aliphatic carbocycles. The van der Waals surface area contributed by atoms with Crippen molar-refractivity contribution in [2.75, 3.05) is 6.54 Å². The average Bonchev–Trinajstić information content (AvgIpc) is 2.48. The van der Waals surface area contributed by atoms with Crippen molar-refractivity contribution in [1.29, 1.82) is 0 Å². The van der Waals surface area contributed by atoms with Crippen molar-refractivity contribution in [3.05, 3.63) is 70.8 Å². The number of halogens is 2. The highest BCUT2D eigenvalue weighted by atomic mass is 19.2. The molecule has 0 heterocycles. The lowest BCUT2D eigenvalue weighted by Crippen LogP contribution is -2.15. The van der Waals surface area contributed by atoms with Gasteiger partial charge in [0, 0.05) is 5.92 Å². The molecule has 2 rings (SSSR count). The summed E-state index contributed by atoms with van der Waals surface area (Å²) in [5.41, 5.74) is 8.98. The smallest absolute Gasteiger partial charge is 0.159 e. The Morgan fingerprint density at radius 2 is 1.52 bits per heavy atom. The van der Waals surface area contributed by atoms with Crippen LogP contribution >= 0.6 is 0 Å². The van der Waals surface area contributed by atoms with Gasteiger partial charge in [0.25, 0.3) is 0 Å². The van der Waals surface area contributed by atoms with E-state index < -0.39 is 11.6 Å². The molecule has 0 radical (unpaired) electrons. The van der Waals surface area contributed by atoms with Crippen molar-refractivity contribution in [2.45, 2.75) is 32.1 Å². The van der Waals surface area contributed by atoms with Crippen molar-refractivity contribution in [3.8, 4) is 0 Å².